The summed E-state index contributed by atoms with van der Waals surface area (Å²) in [4.78, 5) is 29.4. The summed E-state index contributed by atoms with van der Waals surface area (Å²) in [6.45, 7) is 9.41. The lowest BCUT2D eigenvalue weighted by Gasteiger charge is -2.25. The molecule has 2 aliphatic heterocycles. The number of amides is 3. The molecule has 0 radical (unpaired) electrons. The summed E-state index contributed by atoms with van der Waals surface area (Å²) >= 11 is 0. The van der Waals surface area contributed by atoms with Gasteiger partial charge in [-0.05, 0) is 64.7 Å². The number of rotatable bonds is 3. The number of likely N-dealkylation sites (tertiary alicyclic amines) is 1. The van der Waals surface area contributed by atoms with Gasteiger partial charge in [-0.2, -0.15) is 0 Å². The number of carbonyl (C=O) groups is 2. The third-order valence-corrected chi connectivity index (χ3v) is 4.81. The van der Waals surface area contributed by atoms with Gasteiger partial charge in [0, 0.05) is 43.1 Å². The van der Waals surface area contributed by atoms with Gasteiger partial charge in [0.25, 0.3) is 5.91 Å². The number of hydrogen-bond acceptors (Lipinski definition) is 3. The number of hydrogen-bond donors (Lipinski definition) is 2. The molecular weight excluding hydrogens is 328 g/mol. The molecule has 0 aromatic heterocycles. The fourth-order valence-corrected chi connectivity index (χ4v) is 3.61. The lowest BCUT2D eigenvalue weighted by Crippen LogP contribution is -2.43. The highest BCUT2D eigenvalue weighted by Gasteiger charge is 2.26. The second-order valence-electron chi connectivity index (χ2n) is 8.25. The van der Waals surface area contributed by atoms with Crippen LogP contribution in [0.4, 0.5) is 16.2 Å². The van der Waals surface area contributed by atoms with Crippen LogP contribution in [0.25, 0.3) is 0 Å². The Morgan fingerprint density at radius 1 is 0.962 bits per heavy atom. The van der Waals surface area contributed by atoms with Gasteiger partial charge in [0.2, 0.25) is 0 Å². The van der Waals surface area contributed by atoms with Gasteiger partial charge in [-0.15, -0.1) is 0 Å². The average Bonchev–Trinajstić information content (AvgIpc) is 3.26. The molecule has 2 heterocycles. The summed E-state index contributed by atoms with van der Waals surface area (Å²) in [5.41, 5.74) is 2.02. The van der Waals surface area contributed by atoms with Crippen LogP contribution >= 0.6 is 0 Å². The zero-order chi connectivity index (χ0) is 18.7. The van der Waals surface area contributed by atoms with Gasteiger partial charge in [-0.1, -0.05) is 0 Å². The van der Waals surface area contributed by atoms with Crippen molar-refractivity contribution in [3.05, 3.63) is 23.8 Å². The van der Waals surface area contributed by atoms with Crippen molar-refractivity contribution in [2.45, 2.75) is 52.0 Å². The van der Waals surface area contributed by atoms with E-state index in [0.29, 0.717) is 11.3 Å². The second-order valence-corrected chi connectivity index (χ2v) is 8.25. The predicted molar refractivity (Wildman–Crippen MR) is 105 cm³/mol. The van der Waals surface area contributed by atoms with E-state index in [2.05, 4.69) is 15.5 Å². The van der Waals surface area contributed by atoms with Crippen molar-refractivity contribution in [1.82, 2.24) is 10.2 Å². The van der Waals surface area contributed by atoms with Crippen molar-refractivity contribution >= 4 is 23.3 Å². The number of anilines is 2. The maximum Gasteiger partial charge on any atom is 0.319 e. The van der Waals surface area contributed by atoms with Crippen LogP contribution in [0.3, 0.4) is 0 Å². The van der Waals surface area contributed by atoms with Gasteiger partial charge in [-0.25, -0.2) is 4.79 Å². The van der Waals surface area contributed by atoms with Gasteiger partial charge in [0.05, 0.1) is 5.56 Å². The Morgan fingerprint density at radius 3 is 2.19 bits per heavy atom. The lowest BCUT2D eigenvalue weighted by atomic mass is 10.1. The monoisotopic (exact) mass is 358 g/mol. The summed E-state index contributed by atoms with van der Waals surface area (Å²) in [6.07, 6.45) is 4.45. The largest absolute Gasteiger partial charge is 0.371 e. The Bertz CT molecular complexity index is 669. The number of nitrogens with zero attached hydrogens (tertiary/aromatic N) is 2. The first-order valence-electron chi connectivity index (χ1n) is 9.61. The number of nitrogens with one attached hydrogen (secondary N) is 2. The number of benzene rings is 1. The van der Waals surface area contributed by atoms with E-state index in [0.717, 1.165) is 57.5 Å². The zero-order valence-corrected chi connectivity index (χ0v) is 16.1. The topological polar surface area (TPSA) is 64.7 Å². The van der Waals surface area contributed by atoms with Crippen molar-refractivity contribution in [1.29, 1.82) is 0 Å². The van der Waals surface area contributed by atoms with Crippen LogP contribution in [0.5, 0.6) is 0 Å². The van der Waals surface area contributed by atoms with Crippen LogP contribution in [0, 0.1) is 0 Å². The standard InChI is InChI=1S/C20H30N4O2/c1-20(2,3)22-19(26)21-15-8-9-17(23-10-4-5-11-23)16(14-15)18(25)24-12-6-7-13-24/h8-9,14H,4-7,10-13H2,1-3H3,(H2,21,22,26). The van der Waals surface area contributed by atoms with Crippen LogP contribution in [0.2, 0.25) is 0 Å². The van der Waals surface area contributed by atoms with E-state index in [9.17, 15) is 9.59 Å². The molecule has 0 aliphatic carbocycles. The van der Waals surface area contributed by atoms with Crippen LogP contribution in [-0.2, 0) is 0 Å². The molecule has 26 heavy (non-hydrogen) atoms. The van der Waals surface area contributed by atoms with Crippen LogP contribution in [0.15, 0.2) is 18.2 Å². The minimum Gasteiger partial charge on any atom is -0.371 e. The third kappa shape index (κ3) is 4.48. The van der Waals surface area contributed by atoms with E-state index in [4.69, 9.17) is 0 Å². The second kappa shape index (κ2) is 7.56. The van der Waals surface area contributed by atoms with E-state index in [1.165, 1.54) is 0 Å². The normalized spacial score (nSPS) is 17.5. The quantitative estimate of drug-likeness (QED) is 0.870. The zero-order valence-electron chi connectivity index (χ0n) is 16.1. The van der Waals surface area contributed by atoms with Gasteiger partial charge in [0.1, 0.15) is 0 Å². The molecule has 3 rings (SSSR count). The third-order valence-electron chi connectivity index (χ3n) is 4.81. The molecule has 142 valence electrons. The first-order chi connectivity index (χ1) is 12.3. The Balaban J connectivity index is 1.84. The van der Waals surface area contributed by atoms with Crippen molar-refractivity contribution in [3.8, 4) is 0 Å². The average molecular weight is 358 g/mol. The van der Waals surface area contributed by atoms with Gasteiger partial charge < -0.3 is 20.4 Å². The SMILES string of the molecule is CC(C)(C)NC(=O)Nc1ccc(N2CCCC2)c(C(=O)N2CCCC2)c1. The van der Waals surface area contributed by atoms with Crippen LogP contribution < -0.4 is 15.5 Å². The molecule has 2 fully saturated rings. The lowest BCUT2D eigenvalue weighted by molar-refractivity contribution is 0.0793. The molecular formula is C20H30N4O2. The Hall–Kier alpha value is -2.24. The smallest absolute Gasteiger partial charge is 0.319 e. The van der Waals surface area contributed by atoms with Crippen LogP contribution in [-0.4, -0.2) is 48.6 Å². The van der Waals surface area contributed by atoms with E-state index in [1.54, 1.807) is 0 Å². The highest BCUT2D eigenvalue weighted by Crippen LogP contribution is 2.29. The fraction of sp³-hybridized carbons (Fsp3) is 0.600. The maximum atomic E-state index is 13.1. The summed E-state index contributed by atoms with van der Waals surface area (Å²) in [7, 11) is 0. The van der Waals surface area contributed by atoms with E-state index in [1.807, 2.05) is 43.9 Å². The molecule has 2 aliphatic rings. The fourth-order valence-electron chi connectivity index (χ4n) is 3.61. The van der Waals surface area contributed by atoms with Crippen molar-refractivity contribution < 1.29 is 9.59 Å². The molecule has 1 aromatic rings. The van der Waals surface area contributed by atoms with E-state index >= 15 is 0 Å². The highest BCUT2D eigenvalue weighted by molar-refractivity contribution is 6.02. The van der Waals surface area contributed by atoms with E-state index < -0.39 is 0 Å². The minimum absolute atomic E-state index is 0.0734. The molecule has 0 atom stereocenters. The van der Waals surface area contributed by atoms with E-state index in [-0.39, 0.29) is 17.5 Å². The Labute approximate surface area is 155 Å². The first kappa shape index (κ1) is 18.5. The number of urea groups is 1. The molecule has 1 aromatic carbocycles. The predicted octanol–water partition coefficient (Wildman–Crippen LogP) is 3.44. The highest BCUT2D eigenvalue weighted by atomic mass is 16.2. The Kier molecular flexibility index (Phi) is 5.39. The molecule has 6 heteroatoms. The molecule has 0 bridgehead atoms. The molecule has 2 N–H and O–H groups in total. The summed E-state index contributed by atoms with van der Waals surface area (Å²) in [5.74, 6) is 0.0734. The van der Waals surface area contributed by atoms with Gasteiger partial charge in [0.15, 0.2) is 0 Å². The summed E-state index contributed by atoms with van der Waals surface area (Å²) in [5, 5.41) is 5.75. The number of carbonyl (C=O) groups excluding carboxylic acids is 2. The molecule has 2 saturated heterocycles. The molecule has 0 spiro atoms. The maximum absolute atomic E-state index is 13.1. The molecule has 0 saturated carbocycles. The van der Waals surface area contributed by atoms with Gasteiger partial charge in [-0.3, -0.25) is 4.79 Å². The summed E-state index contributed by atoms with van der Waals surface area (Å²) in [6, 6.07) is 5.43. The van der Waals surface area contributed by atoms with Gasteiger partial charge >= 0.3 is 6.03 Å². The minimum atomic E-state index is -0.312. The molecule has 3 amide bonds. The molecule has 0 unspecified atom stereocenters. The molecule has 6 nitrogen and oxygen atoms in total. The van der Waals surface area contributed by atoms with Crippen LogP contribution in [0.1, 0.15) is 56.8 Å². The van der Waals surface area contributed by atoms with Crippen molar-refractivity contribution in [2.24, 2.45) is 0 Å². The Morgan fingerprint density at radius 2 is 1.58 bits per heavy atom. The van der Waals surface area contributed by atoms with Crippen molar-refractivity contribution in [3.63, 3.8) is 0 Å². The summed E-state index contributed by atoms with van der Waals surface area (Å²) < 4.78 is 0. The first-order valence-corrected chi connectivity index (χ1v) is 9.61. The van der Waals surface area contributed by atoms with Crippen molar-refractivity contribution in [2.75, 3.05) is 36.4 Å².